The van der Waals surface area contributed by atoms with Crippen molar-refractivity contribution in [2.24, 2.45) is 5.92 Å². The quantitative estimate of drug-likeness (QED) is 0.866. The zero-order chi connectivity index (χ0) is 16.3. The molecule has 2 rings (SSSR count). The van der Waals surface area contributed by atoms with Crippen molar-refractivity contribution in [2.75, 3.05) is 18.8 Å². The summed E-state index contributed by atoms with van der Waals surface area (Å²) in [7, 11) is -3.54. The van der Waals surface area contributed by atoms with E-state index in [1.165, 1.54) is 9.87 Å². The third-order valence-corrected chi connectivity index (χ3v) is 6.16. The average Bonchev–Trinajstić information content (AvgIpc) is 2.75. The van der Waals surface area contributed by atoms with Gasteiger partial charge in [-0.25, -0.2) is 12.7 Å². The fraction of sp³-hybridized carbons (Fsp3) is 0.562. The molecule has 0 saturated heterocycles. The van der Waals surface area contributed by atoms with E-state index in [-0.39, 0.29) is 12.0 Å². The van der Waals surface area contributed by atoms with E-state index in [9.17, 15) is 13.2 Å². The van der Waals surface area contributed by atoms with Gasteiger partial charge in [0.05, 0.1) is 6.04 Å². The van der Waals surface area contributed by atoms with E-state index in [1.807, 2.05) is 18.2 Å². The second kappa shape index (κ2) is 6.79. The molecule has 1 aromatic carbocycles. The Morgan fingerprint density at radius 2 is 1.91 bits per heavy atom. The van der Waals surface area contributed by atoms with Crippen molar-refractivity contribution in [3.63, 3.8) is 0 Å². The molecule has 1 amide bonds. The summed E-state index contributed by atoms with van der Waals surface area (Å²) in [5.41, 5.74) is 2.33. The van der Waals surface area contributed by atoms with Gasteiger partial charge < -0.3 is 5.32 Å². The van der Waals surface area contributed by atoms with E-state index in [2.05, 4.69) is 18.3 Å². The van der Waals surface area contributed by atoms with Gasteiger partial charge in [0.25, 0.3) is 0 Å². The first-order valence-electron chi connectivity index (χ1n) is 7.74. The van der Waals surface area contributed by atoms with E-state index in [0.29, 0.717) is 13.1 Å². The van der Waals surface area contributed by atoms with Crippen LogP contribution in [0.2, 0.25) is 0 Å². The summed E-state index contributed by atoms with van der Waals surface area (Å²) < 4.78 is 25.7. The highest BCUT2D eigenvalue weighted by Crippen LogP contribution is 2.35. The van der Waals surface area contributed by atoms with Gasteiger partial charge in [0.2, 0.25) is 15.9 Å². The number of nitrogens with zero attached hydrogens (tertiary/aromatic N) is 1. The van der Waals surface area contributed by atoms with Gasteiger partial charge in [0.1, 0.15) is 5.75 Å². The number of hydrogen-bond donors (Lipinski definition) is 1. The van der Waals surface area contributed by atoms with Crippen LogP contribution in [0.25, 0.3) is 0 Å². The predicted octanol–water partition coefficient (Wildman–Crippen LogP) is 1.71. The standard InChI is InChI=1S/C16H24N2O3S/c1-4-18(5-2)22(20,21)11-15(19)17-16-12(3)10-13-8-6-7-9-14(13)16/h6-9,12,16H,4-5,10-11H2,1-3H3,(H,17,19)/t12-,16-/m0/s1. The summed E-state index contributed by atoms with van der Waals surface area (Å²) in [4.78, 5) is 12.2. The van der Waals surface area contributed by atoms with Gasteiger partial charge in [-0.1, -0.05) is 45.0 Å². The summed E-state index contributed by atoms with van der Waals surface area (Å²) in [6, 6.07) is 7.90. The highest BCUT2D eigenvalue weighted by molar-refractivity contribution is 7.89. The average molecular weight is 324 g/mol. The molecular formula is C16H24N2O3S. The van der Waals surface area contributed by atoms with Crippen LogP contribution in [0.4, 0.5) is 0 Å². The number of carbonyl (C=O) groups excluding carboxylic acids is 1. The lowest BCUT2D eigenvalue weighted by Crippen LogP contribution is -2.41. The number of benzene rings is 1. The second-order valence-corrected chi connectivity index (χ2v) is 7.73. The number of carbonyl (C=O) groups is 1. The van der Waals surface area contributed by atoms with Crippen LogP contribution < -0.4 is 5.32 Å². The van der Waals surface area contributed by atoms with Crippen LogP contribution in [0, 0.1) is 5.92 Å². The molecule has 1 aliphatic rings. The number of fused-ring (bicyclic) bond motifs is 1. The Balaban J connectivity index is 2.07. The first kappa shape index (κ1) is 17.0. The summed E-state index contributed by atoms with van der Waals surface area (Å²) in [6.45, 7) is 6.38. The second-order valence-electron chi connectivity index (χ2n) is 5.77. The van der Waals surface area contributed by atoms with Crippen molar-refractivity contribution < 1.29 is 13.2 Å². The molecule has 22 heavy (non-hydrogen) atoms. The van der Waals surface area contributed by atoms with Crippen LogP contribution >= 0.6 is 0 Å². The molecule has 0 spiro atoms. The topological polar surface area (TPSA) is 66.5 Å². The summed E-state index contributed by atoms with van der Waals surface area (Å²) in [5.74, 6) is -0.641. The number of nitrogens with one attached hydrogen (secondary N) is 1. The number of hydrogen-bond acceptors (Lipinski definition) is 3. The van der Waals surface area contributed by atoms with Gasteiger partial charge in [0, 0.05) is 13.1 Å². The minimum atomic E-state index is -3.54. The third-order valence-electron chi connectivity index (χ3n) is 4.23. The van der Waals surface area contributed by atoms with E-state index < -0.39 is 21.7 Å². The van der Waals surface area contributed by atoms with Crippen molar-refractivity contribution in [3.05, 3.63) is 35.4 Å². The summed E-state index contributed by atoms with van der Waals surface area (Å²) in [5, 5.41) is 2.90. The number of sulfonamides is 1. The first-order chi connectivity index (χ1) is 10.4. The van der Waals surface area contributed by atoms with Crippen LogP contribution in [0.3, 0.4) is 0 Å². The van der Waals surface area contributed by atoms with E-state index in [4.69, 9.17) is 0 Å². The molecule has 0 heterocycles. The van der Waals surface area contributed by atoms with E-state index in [1.54, 1.807) is 13.8 Å². The Morgan fingerprint density at radius 3 is 2.55 bits per heavy atom. The molecular weight excluding hydrogens is 300 g/mol. The molecule has 0 radical (unpaired) electrons. The SMILES string of the molecule is CCN(CC)S(=O)(=O)CC(=O)N[C@@H]1c2ccccc2C[C@@H]1C. The van der Waals surface area contributed by atoms with E-state index in [0.717, 1.165) is 12.0 Å². The molecule has 0 unspecified atom stereocenters. The van der Waals surface area contributed by atoms with Crippen LogP contribution in [0.5, 0.6) is 0 Å². The Bertz CT molecular complexity index is 639. The van der Waals surface area contributed by atoms with Crippen LogP contribution in [-0.2, 0) is 21.2 Å². The zero-order valence-electron chi connectivity index (χ0n) is 13.4. The summed E-state index contributed by atoms with van der Waals surface area (Å²) in [6.07, 6.45) is 0.907. The van der Waals surface area contributed by atoms with Crippen LogP contribution in [0.15, 0.2) is 24.3 Å². The Hall–Kier alpha value is -1.40. The highest BCUT2D eigenvalue weighted by atomic mass is 32.2. The van der Waals surface area contributed by atoms with Crippen molar-refractivity contribution in [2.45, 2.75) is 33.2 Å². The maximum atomic E-state index is 12.2. The predicted molar refractivity (Wildman–Crippen MR) is 86.9 cm³/mol. The molecule has 1 N–H and O–H groups in total. The Labute approximate surface area is 132 Å². The molecule has 0 aromatic heterocycles. The lowest BCUT2D eigenvalue weighted by atomic mass is 10.0. The number of amides is 1. The minimum Gasteiger partial charge on any atom is -0.348 e. The zero-order valence-corrected chi connectivity index (χ0v) is 14.2. The normalized spacial score (nSPS) is 20.9. The largest absolute Gasteiger partial charge is 0.348 e. The van der Waals surface area contributed by atoms with Crippen molar-refractivity contribution in [1.82, 2.24) is 9.62 Å². The fourth-order valence-electron chi connectivity index (χ4n) is 3.10. The monoisotopic (exact) mass is 324 g/mol. The van der Waals surface area contributed by atoms with Gasteiger partial charge in [-0.2, -0.15) is 0 Å². The Morgan fingerprint density at radius 1 is 1.27 bits per heavy atom. The molecule has 0 aliphatic heterocycles. The molecule has 0 saturated carbocycles. The molecule has 0 bridgehead atoms. The van der Waals surface area contributed by atoms with Crippen LogP contribution in [-0.4, -0.2) is 37.5 Å². The maximum absolute atomic E-state index is 12.2. The lowest BCUT2D eigenvalue weighted by Gasteiger charge is -2.21. The molecule has 122 valence electrons. The van der Waals surface area contributed by atoms with Gasteiger partial charge in [-0.15, -0.1) is 0 Å². The maximum Gasteiger partial charge on any atom is 0.237 e. The molecule has 5 nitrogen and oxygen atoms in total. The Kier molecular flexibility index (Phi) is 5.24. The van der Waals surface area contributed by atoms with Crippen molar-refractivity contribution in [1.29, 1.82) is 0 Å². The lowest BCUT2D eigenvalue weighted by molar-refractivity contribution is -0.119. The van der Waals surface area contributed by atoms with Crippen LogP contribution in [0.1, 0.15) is 37.9 Å². The molecule has 6 heteroatoms. The van der Waals surface area contributed by atoms with Gasteiger partial charge >= 0.3 is 0 Å². The van der Waals surface area contributed by atoms with Gasteiger partial charge in [-0.05, 0) is 23.5 Å². The van der Waals surface area contributed by atoms with Crippen molar-refractivity contribution in [3.8, 4) is 0 Å². The summed E-state index contributed by atoms with van der Waals surface area (Å²) >= 11 is 0. The number of rotatable bonds is 6. The molecule has 1 aliphatic carbocycles. The smallest absolute Gasteiger partial charge is 0.237 e. The minimum absolute atomic E-state index is 0.101. The third kappa shape index (κ3) is 3.50. The van der Waals surface area contributed by atoms with Gasteiger partial charge in [-0.3, -0.25) is 4.79 Å². The highest BCUT2D eigenvalue weighted by Gasteiger charge is 2.31. The molecule has 0 fully saturated rings. The van der Waals surface area contributed by atoms with Crippen molar-refractivity contribution >= 4 is 15.9 Å². The molecule has 2 atom stereocenters. The fourth-order valence-corrected chi connectivity index (χ4v) is 4.49. The first-order valence-corrected chi connectivity index (χ1v) is 9.35. The van der Waals surface area contributed by atoms with Gasteiger partial charge in [0.15, 0.2) is 0 Å². The van der Waals surface area contributed by atoms with E-state index >= 15 is 0 Å². The molecule has 1 aromatic rings.